The number of carbonyl (C=O) groups excluding carboxylic acids is 1. The fraction of sp³-hybridized carbons (Fsp3) is 0.938. The second-order valence-electron chi connectivity index (χ2n) is 5.86. The summed E-state index contributed by atoms with van der Waals surface area (Å²) < 4.78 is 10.6. The zero-order valence-electron chi connectivity index (χ0n) is 13.0. The summed E-state index contributed by atoms with van der Waals surface area (Å²) in [5, 5.41) is 10.4. The molecule has 4 heteroatoms. The lowest BCUT2D eigenvalue weighted by Crippen LogP contribution is -2.40. The van der Waals surface area contributed by atoms with Gasteiger partial charge in [-0.25, -0.2) is 0 Å². The Morgan fingerprint density at radius 2 is 1.90 bits per heavy atom. The molecule has 0 unspecified atom stereocenters. The number of esters is 1. The van der Waals surface area contributed by atoms with E-state index in [0.29, 0.717) is 38.9 Å². The molecule has 1 aliphatic carbocycles. The highest BCUT2D eigenvalue weighted by atomic mass is 16.5. The van der Waals surface area contributed by atoms with Gasteiger partial charge in [0, 0.05) is 6.61 Å². The monoisotopic (exact) mass is 286 g/mol. The van der Waals surface area contributed by atoms with Gasteiger partial charge in [0.05, 0.1) is 24.7 Å². The van der Waals surface area contributed by atoms with Crippen molar-refractivity contribution in [3.63, 3.8) is 0 Å². The van der Waals surface area contributed by atoms with Crippen molar-refractivity contribution in [3.05, 3.63) is 0 Å². The number of rotatable bonds is 9. The second-order valence-corrected chi connectivity index (χ2v) is 5.86. The Morgan fingerprint density at radius 3 is 2.50 bits per heavy atom. The van der Waals surface area contributed by atoms with Gasteiger partial charge >= 0.3 is 5.97 Å². The van der Waals surface area contributed by atoms with Crippen LogP contribution >= 0.6 is 0 Å². The van der Waals surface area contributed by atoms with Crippen molar-refractivity contribution in [3.8, 4) is 0 Å². The van der Waals surface area contributed by atoms with Crippen LogP contribution in [0, 0.1) is 5.92 Å². The van der Waals surface area contributed by atoms with Crippen LogP contribution in [0.5, 0.6) is 0 Å². The lowest BCUT2D eigenvalue weighted by molar-refractivity contribution is -0.152. The Labute approximate surface area is 122 Å². The molecule has 4 nitrogen and oxygen atoms in total. The van der Waals surface area contributed by atoms with Crippen LogP contribution in [0.15, 0.2) is 0 Å². The minimum absolute atomic E-state index is 0.0419. The first-order valence-electron chi connectivity index (χ1n) is 8.08. The molecule has 0 radical (unpaired) electrons. The van der Waals surface area contributed by atoms with Gasteiger partial charge in [-0.3, -0.25) is 4.79 Å². The first-order valence-corrected chi connectivity index (χ1v) is 8.08. The summed E-state index contributed by atoms with van der Waals surface area (Å²) in [6.45, 7) is 5.56. The molecular weight excluding hydrogens is 256 g/mol. The van der Waals surface area contributed by atoms with E-state index in [-0.39, 0.29) is 11.9 Å². The fourth-order valence-corrected chi connectivity index (χ4v) is 2.69. The third-order valence-electron chi connectivity index (χ3n) is 4.05. The Bertz CT molecular complexity index is 270. The summed E-state index contributed by atoms with van der Waals surface area (Å²) >= 11 is 0. The van der Waals surface area contributed by atoms with Crippen molar-refractivity contribution < 1.29 is 19.4 Å². The quantitative estimate of drug-likeness (QED) is 0.523. The highest BCUT2D eigenvalue weighted by Gasteiger charge is 2.36. The first kappa shape index (κ1) is 17.4. The highest BCUT2D eigenvalue weighted by Crippen LogP contribution is 2.33. The van der Waals surface area contributed by atoms with E-state index in [4.69, 9.17) is 9.47 Å². The van der Waals surface area contributed by atoms with Crippen LogP contribution in [-0.4, -0.2) is 36.5 Å². The van der Waals surface area contributed by atoms with Crippen LogP contribution in [0.4, 0.5) is 0 Å². The van der Waals surface area contributed by atoms with Crippen LogP contribution < -0.4 is 0 Å². The zero-order valence-corrected chi connectivity index (χ0v) is 13.0. The van der Waals surface area contributed by atoms with Crippen molar-refractivity contribution in [2.45, 2.75) is 70.8 Å². The molecule has 0 aliphatic heterocycles. The molecule has 0 heterocycles. The third-order valence-corrected chi connectivity index (χ3v) is 4.05. The standard InChI is InChI=1S/C16H30O4/c1-3-5-6-7-12-19-13-16(18)10-8-14(9-11-16)15(17)20-4-2/h14,18H,3-13H2,1-2H3. The number of unbranched alkanes of at least 4 members (excludes halogenated alkanes) is 3. The summed E-state index contributed by atoms with van der Waals surface area (Å²) in [5.74, 6) is -0.158. The van der Waals surface area contributed by atoms with Crippen LogP contribution in [0.3, 0.4) is 0 Å². The molecule has 0 bridgehead atoms. The van der Waals surface area contributed by atoms with E-state index in [1.165, 1.54) is 19.3 Å². The predicted molar refractivity (Wildman–Crippen MR) is 78.5 cm³/mol. The smallest absolute Gasteiger partial charge is 0.308 e. The summed E-state index contributed by atoms with van der Waals surface area (Å²) in [4.78, 5) is 11.6. The highest BCUT2D eigenvalue weighted by molar-refractivity contribution is 5.72. The molecule has 0 spiro atoms. The maximum atomic E-state index is 11.6. The van der Waals surface area contributed by atoms with Gasteiger partial charge in [-0.05, 0) is 39.0 Å². The molecule has 0 aromatic carbocycles. The van der Waals surface area contributed by atoms with Gasteiger partial charge in [0.25, 0.3) is 0 Å². The molecule has 0 saturated heterocycles. The van der Waals surface area contributed by atoms with Crippen molar-refractivity contribution >= 4 is 5.97 Å². The van der Waals surface area contributed by atoms with Gasteiger partial charge < -0.3 is 14.6 Å². The Morgan fingerprint density at radius 1 is 1.20 bits per heavy atom. The molecule has 0 atom stereocenters. The average molecular weight is 286 g/mol. The van der Waals surface area contributed by atoms with Gasteiger partial charge in [-0.1, -0.05) is 26.2 Å². The topological polar surface area (TPSA) is 55.8 Å². The SMILES string of the molecule is CCCCCCOCC1(O)CCC(C(=O)OCC)CC1. The van der Waals surface area contributed by atoms with Crippen molar-refractivity contribution in [1.82, 2.24) is 0 Å². The summed E-state index contributed by atoms with van der Waals surface area (Å²) in [6.07, 6.45) is 7.39. The summed E-state index contributed by atoms with van der Waals surface area (Å²) in [5.41, 5.74) is -0.742. The van der Waals surface area contributed by atoms with Gasteiger partial charge in [-0.15, -0.1) is 0 Å². The predicted octanol–water partition coefficient (Wildman–Crippen LogP) is 3.07. The fourth-order valence-electron chi connectivity index (χ4n) is 2.69. The first-order chi connectivity index (χ1) is 9.61. The van der Waals surface area contributed by atoms with Crippen molar-refractivity contribution in [2.75, 3.05) is 19.8 Å². The van der Waals surface area contributed by atoms with E-state index in [1.807, 2.05) is 6.92 Å². The van der Waals surface area contributed by atoms with E-state index in [1.54, 1.807) is 0 Å². The molecule has 1 saturated carbocycles. The maximum Gasteiger partial charge on any atom is 0.308 e. The number of carbonyl (C=O) groups is 1. The Kier molecular flexibility index (Phi) is 8.15. The van der Waals surface area contributed by atoms with Crippen LogP contribution in [-0.2, 0) is 14.3 Å². The van der Waals surface area contributed by atoms with Gasteiger partial charge in [-0.2, -0.15) is 0 Å². The van der Waals surface area contributed by atoms with Crippen molar-refractivity contribution in [2.24, 2.45) is 5.92 Å². The molecule has 118 valence electrons. The summed E-state index contributed by atoms with van der Waals surface area (Å²) in [7, 11) is 0. The summed E-state index contributed by atoms with van der Waals surface area (Å²) in [6, 6.07) is 0. The molecule has 20 heavy (non-hydrogen) atoms. The number of hydrogen-bond donors (Lipinski definition) is 1. The molecule has 0 aromatic rings. The van der Waals surface area contributed by atoms with E-state index in [9.17, 15) is 9.90 Å². The average Bonchev–Trinajstić information content (AvgIpc) is 2.44. The van der Waals surface area contributed by atoms with Crippen LogP contribution in [0.1, 0.15) is 65.2 Å². The molecule has 1 N–H and O–H groups in total. The van der Waals surface area contributed by atoms with Gasteiger partial charge in [0.15, 0.2) is 0 Å². The van der Waals surface area contributed by atoms with E-state index < -0.39 is 5.60 Å². The van der Waals surface area contributed by atoms with Crippen molar-refractivity contribution in [1.29, 1.82) is 0 Å². The minimum atomic E-state index is -0.742. The normalized spacial score (nSPS) is 26.4. The second kappa shape index (κ2) is 9.35. The van der Waals surface area contributed by atoms with E-state index in [0.717, 1.165) is 13.0 Å². The van der Waals surface area contributed by atoms with Crippen LogP contribution in [0.25, 0.3) is 0 Å². The molecule has 0 amide bonds. The minimum Gasteiger partial charge on any atom is -0.466 e. The molecule has 1 rings (SSSR count). The third kappa shape index (κ3) is 6.23. The number of hydrogen-bond acceptors (Lipinski definition) is 4. The Hall–Kier alpha value is -0.610. The molecule has 1 aliphatic rings. The van der Waals surface area contributed by atoms with E-state index >= 15 is 0 Å². The lowest BCUT2D eigenvalue weighted by Gasteiger charge is -2.34. The number of aliphatic hydroxyl groups is 1. The molecule has 1 fully saturated rings. The lowest BCUT2D eigenvalue weighted by atomic mass is 9.79. The largest absolute Gasteiger partial charge is 0.466 e. The number of ether oxygens (including phenoxy) is 2. The van der Waals surface area contributed by atoms with Crippen LogP contribution in [0.2, 0.25) is 0 Å². The van der Waals surface area contributed by atoms with Gasteiger partial charge in [0.2, 0.25) is 0 Å². The maximum absolute atomic E-state index is 11.6. The molecular formula is C16H30O4. The van der Waals surface area contributed by atoms with Gasteiger partial charge in [0.1, 0.15) is 0 Å². The zero-order chi connectivity index (χ0) is 14.8. The Balaban J connectivity index is 2.16. The van der Waals surface area contributed by atoms with E-state index in [2.05, 4.69) is 6.92 Å². The molecule has 0 aromatic heterocycles.